The first-order valence-corrected chi connectivity index (χ1v) is 8.55. The van der Waals surface area contributed by atoms with Gasteiger partial charge in [-0.1, -0.05) is 41.4 Å². The van der Waals surface area contributed by atoms with Gasteiger partial charge in [-0.3, -0.25) is 25.4 Å². The van der Waals surface area contributed by atoms with Crippen LogP contribution in [0.3, 0.4) is 0 Å². The van der Waals surface area contributed by atoms with Crippen LogP contribution in [0.4, 0.5) is 11.4 Å². The number of carbonyl (C=O) groups is 2. The van der Waals surface area contributed by atoms with Crippen molar-refractivity contribution in [3.63, 3.8) is 0 Å². The third-order valence-electron chi connectivity index (χ3n) is 3.69. The summed E-state index contributed by atoms with van der Waals surface area (Å²) < 4.78 is 0. The van der Waals surface area contributed by atoms with E-state index < -0.39 is 18.4 Å². The molecular formula is C18H14Cl2N4O3. The van der Waals surface area contributed by atoms with Gasteiger partial charge in [-0.05, 0) is 24.3 Å². The maximum atomic E-state index is 12.6. The Labute approximate surface area is 164 Å². The predicted molar refractivity (Wildman–Crippen MR) is 105 cm³/mol. The number of anilines is 2. The van der Waals surface area contributed by atoms with Crippen molar-refractivity contribution in [2.75, 3.05) is 17.3 Å². The lowest BCUT2D eigenvalue weighted by Gasteiger charge is -2.13. The second-order valence-corrected chi connectivity index (χ2v) is 6.26. The highest BCUT2D eigenvalue weighted by molar-refractivity contribution is 6.40. The summed E-state index contributed by atoms with van der Waals surface area (Å²) in [5.41, 5.74) is 6.73. The Hall–Kier alpha value is -2.87. The number of aliphatic hydroxyl groups is 1. The number of hydrogen-bond acceptors (Lipinski definition) is 5. The third-order valence-corrected chi connectivity index (χ3v) is 4.32. The standard InChI is InChI=1S/C18H14Cl2N4O3/c19-11-4-2-5-12(20)16(11)18(27)22-14-6-1-3-10-13(7-8-21-17(10)14)23-24-15(26)9-25/h1-8,25H,9H2,(H,21,23)(H,22,27)(H,24,26). The van der Waals surface area contributed by atoms with Gasteiger partial charge in [0, 0.05) is 11.6 Å². The second-order valence-electron chi connectivity index (χ2n) is 5.44. The van der Waals surface area contributed by atoms with Crippen molar-refractivity contribution in [2.24, 2.45) is 0 Å². The third kappa shape index (κ3) is 4.11. The zero-order valence-electron chi connectivity index (χ0n) is 13.8. The van der Waals surface area contributed by atoms with Gasteiger partial charge in [-0.15, -0.1) is 0 Å². The molecule has 1 heterocycles. The topological polar surface area (TPSA) is 103 Å². The van der Waals surface area contributed by atoms with Crippen LogP contribution in [0.1, 0.15) is 10.4 Å². The van der Waals surface area contributed by atoms with Crippen molar-refractivity contribution in [3.05, 3.63) is 64.3 Å². The summed E-state index contributed by atoms with van der Waals surface area (Å²) >= 11 is 12.2. The lowest BCUT2D eigenvalue weighted by Crippen LogP contribution is -2.31. The quantitative estimate of drug-likeness (QED) is 0.488. The minimum Gasteiger partial charge on any atom is -0.386 e. The van der Waals surface area contributed by atoms with Gasteiger partial charge >= 0.3 is 0 Å². The van der Waals surface area contributed by atoms with Crippen molar-refractivity contribution in [1.29, 1.82) is 0 Å². The van der Waals surface area contributed by atoms with E-state index in [-0.39, 0.29) is 15.6 Å². The number of nitrogens with zero attached hydrogens (tertiary/aromatic N) is 1. The number of aliphatic hydroxyl groups excluding tert-OH is 1. The first-order chi connectivity index (χ1) is 13.0. The predicted octanol–water partition coefficient (Wildman–Crippen LogP) is 3.23. The van der Waals surface area contributed by atoms with Crippen LogP contribution in [0.25, 0.3) is 10.9 Å². The zero-order valence-corrected chi connectivity index (χ0v) is 15.3. The normalized spacial score (nSPS) is 10.5. The summed E-state index contributed by atoms with van der Waals surface area (Å²) in [4.78, 5) is 28.2. The van der Waals surface area contributed by atoms with Gasteiger partial charge in [0.1, 0.15) is 6.61 Å². The van der Waals surface area contributed by atoms with Crippen LogP contribution >= 0.6 is 23.2 Å². The molecule has 0 atom stereocenters. The molecule has 3 aromatic rings. The first kappa shape index (κ1) is 18.9. The lowest BCUT2D eigenvalue weighted by atomic mass is 10.1. The maximum absolute atomic E-state index is 12.6. The highest BCUT2D eigenvalue weighted by Crippen LogP contribution is 2.29. The van der Waals surface area contributed by atoms with Crippen LogP contribution in [-0.2, 0) is 4.79 Å². The molecule has 0 saturated carbocycles. The lowest BCUT2D eigenvalue weighted by molar-refractivity contribution is -0.123. The SMILES string of the molecule is O=C(CO)NNc1ccnc2c(NC(=O)c3c(Cl)cccc3Cl)cccc12. The average molecular weight is 405 g/mol. The molecule has 0 saturated heterocycles. The van der Waals surface area contributed by atoms with Crippen LogP contribution in [0, 0.1) is 0 Å². The molecule has 0 fully saturated rings. The van der Waals surface area contributed by atoms with E-state index in [1.54, 1.807) is 42.5 Å². The van der Waals surface area contributed by atoms with Crippen molar-refractivity contribution < 1.29 is 14.7 Å². The van der Waals surface area contributed by atoms with E-state index in [2.05, 4.69) is 21.2 Å². The Morgan fingerprint density at radius 1 is 1.00 bits per heavy atom. The Bertz CT molecular complexity index is 1010. The number of fused-ring (bicyclic) bond motifs is 1. The number of pyridine rings is 1. The summed E-state index contributed by atoms with van der Waals surface area (Å²) in [5, 5.41) is 12.7. The summed E-state index contributed by atoms with van der Waals surface area (Å²) in [6, 6.07) is 11.6. The van der Waals surface area contributed by atoms with Gasteiger partial charge in [0.15, 0.2) is 0 Å². The minimum atomic E-state index is -0.643. The summed E-state index contributed by atoms with van der Waals surface area (Å²) in [6.45, 7) is -0.643. The van der Waals surface area contributed by atoms with E-state index >= 15 is 0 Å². The molecule has 2 amide bonds. The molecule has 4 N–H and O–H groups in total. The fraction of sp³-hybridized carbons (Fsp3) is 0.0556. The highest BCUT2D eigenvalue weighted by Gasteiger charge is 2.16. The molecular weight excluding hydrogens is 391 g/mol. The molecule has 0 aliphatic carbocycles. The van der Waals surface area contributed by atoms with Gasteiger partial charge in [0.05, 0.1) is 32.5 Å². The molecule has 0 spiro atoms. The van der Waals surface area contributed by atoms with Crippen molar-refractivity contribution >= 4 is 57.3 Å². The number of nitrogens with one attached hydrogen (secondary N) is 3. The Morgan fingerprint density at radius 2 is 1.70 bits per heavy atom. The van der Waals surface area contributed by atoms with Crippen LogP contribution in [0.15, 0.2) is 48.7 Å². The number of hydrazine groups is 1. The molecule has 0 radical (unpaired) electrons. The Kier molecular flexibility index (Phi) is 5.75. The number of amides is 2. The monoisotopic (exact) mass is 404 g/mol. The Balaban J connectivity index is 1.94. The van der Waals surface area contributed by atoms with E-state index in [4.69, 9.17) is 28.3 Å². The molecule has 0 unspecified atom stereocenters. The maximum Gasteiger partial charge on any atom is 0.263 e. The van der Waals surface area contributed by atoms with E-state index in [1.165, 1.54) is 6.20 Å². The Morgan fingerprint density at radius 3 is 2.41 bits per heavy atom. The fourth-order valence-corrected chi connectivity index (χ4v) is 3.03. The fourth-order valence-electron chi connectivity index (χ4n) is 2.46. The molecule has 3 rings (SSSR count). The molecule has 7 nitrogen and oxygen atoms in total. The highest BCUT2D eigenvalue weighted by atomic mass is 35.5. The van der Waals surface area contributed by atoms with Gasteiger partial charge < -0.3 is 10.4 Å². The number of benzene rings is 2. The summed E-state index contributed by atoms with van der Waals surface area (Å²) in [6.07, 6.45) is 1.52. The molecule has 1 aromatic heterocycles. The van der Waals surface area contributed by atoms with Crippen LogP contribution < -0.4 is 16.2 Å². The summed E-state index contributed by atoms with van der Waals surface area (Å²) in [7, 11) is 0. The smallest absolute Gasteiger partial charge is 0.263 e. The molecule has 27 heavy (non-hydrogen) atoms. The number of halogens is 2. The van der Waals surface area contributed by atoms with E-state index in [0.29, 0.717) is 22.3 Å². The number of aromatic nitrogens is 1. The number of carbonyl (C=O) groups excluding carboxylic acids is 2. The van der Waals surface area contributed by atoms with Crippen molar-refractivity contribution in [2.45, 2.75) is 0 Å². The molecule has 138 valence electrons. The van der Waals surface area contributed by atoms with Crippen molar-refractivity contribution in [1.82, 2.24) is 10.4 Å². The van der Waals surface area contributed by atoms with E-state index in [0.717, 1.165) is 0 Å². The largest absolute Gasteiger partial charge is 0.386 e. The van der Waals surface area contributed by atoms with Crippen LogP contribution in [0.2, 0.25) is 10.0 Å². The zero-order chi connectivity index (χ0) is 19.4. The van der Waals surface area contributed by atoms with Gasteiger partial charge in [-0.2, -0.15) is 0 Å². The number of rotatable bonds is 5. The van der Waals surface area contributed by atoms with Gasteiger partial charge in [0.2, 0.25) is 0 Å². The molecule has 0 aliphatic heterocycles. The van der Waals surface area contributed by atoms with Crippen LogP contribution in [-0.4, -0.2) is 28.5 Å². The van der Waals surface area contributed by atoms with E-state index in [1.807, 2.05) is 0 Å². The molecule has 0 aliphatic rings. The van der Waals surface area contributed by atoms with Gasteiger partial charge in [0.25, 0.3) is 11.8 Å². The summed E-state index contributed by atoms with van der Waals surface area (Å²) in [5.74, 6) is -1.05. The molecule has 2 aromatic carbocycles. The van der Waals surface area contributed by atoms with E-state index in [9.17, 15) is 9.59 Å². The van der Waals surface area contributed by atoms with Crippen molar-refractivity contribution in [3.8, 4) is 0 Å². The molecule has 9 heteroatoms. The number of para-hydroxylation sites is 1. The van der Waals surface area contributed by atoms with Gasteiger partial charge in [-0.25, -0.2) is 0 Å². The average Bonchev–Trinajstić information content (AvgIpc) is 2.66. The minimum absolute atomic E-state index is 0.169. The molecule has 0 bridgehead atoms. The first-order valence-electron chi connectivity index (χ1n) is 7.80. The number of hydrogen-bond donors (Lipinski definition) is 4. The van der Waals surface area contributed by atoms with Crippen LogP contribution in [0.5, 0.6) is 0 Å². The second kappa shape index (κ2) is 8.22.